The number of H-pyrrole nitrogens is 1. The molecule has 9 nitrogen and oxygen atoms in total. The van der Waals surface area contributed by atoms with E-state index in [0.717, 1.165) is 11.1 Å². The molecule has 33 heavy (non-hydrogen) atoms. The summed E-state index contributed by atoms with van der Waals surface area (Å²) in [5.41, 5.74) is 3.68. The van der Waals surface area contributed by atoms with E-state index in [1.54, 1.807) is 12.1 Å². The van der Waals surface area contributed by atoms with Crippen LogP contribution < -0.4 is 5.01 Å². The van der Waals surface area contributed by atoms with Crippen molar-refractivity contribution in [3.05, 3.63) is 65.2 Å². The molecule has 4 rings (SSSR count). The summed E-state index contributed by atoms with van der Waals surface area (Å²) in [6.45, 7) is 3.23. The fourth-order valence-electron chi connectivity index (χ4n) is 3.45. The highest BCUT2D eigenvalue weighted by Crippen LogP contribution is 2.26. The molecule has 1 aliphatic rings. The van der Waals surface area contributed by atoms with E-state index in [0.29, 0.717) is 16.7 Å². The van der Waals surface area contributed by atoms with E-state index in [9.17, 15) is 20.0 Å². The molecular weight excluding hydrogens is 422 g/mol. The molecule has 166 valence electrons. The predicted molar refractivity (Wildman–Crippen MR) is 122 cm³/mol. The number of esters is 1. The zero-order valence-electron chi connectivity index (χ0n) is 18.1. The van der Waals surface area contributed by atoms with Crippen molar-refractivity contribution in [2.45, 2.75) is 26.7 Å². The monoisotopic (exact) mass is 443 g/mol. The number of nitriles is 1. The van der Waals surface area contributed by atoms with Crippen LogP contribution in [0.2, 0.25) is 0 Å². The first-order chi connectivity index (χ1) is 15.9. The third kappa shape index (κ3) is 4.45. The number of anilines is 1. The first kappa shape index (κ1) is 21.8. The number of amides is 1. The zero-order chi connectivity index (χ0) is 23.5. The van der Waals surface area contributed by atoms with Crippen LogP contribution in [0.25, 0.3) is 16.6 Å². The van der Waals surface area contributed by atoms with Crippen molar-refractivity contribution in [2.75, 3.05) is 11.6 Å². The minimum Gasteiger partial charge on any atom is -0.507 e. The summed E-state index contributed by atoms with van der Waals surface area (Å²) in [4.78, 5) is 32.3. The molecule has 2 aromatic carbocycles. The summed E-state index contributed by atoms with van der Waals surface area (Å²) in [6, 6.07) is 14.7. The first-order valence-electron chi connectivity index (χ1n) is 10.3. The van der Waals surface area contributed by atoms with E-state index in [1.807, 2.05) is 50.2 Å². The molecule has 0 atom stereocenters. The fourth-order valence-corrected chi connectivity index (χ4v) is 3.45. The van der Waals surface area contributed by atoms with E-state index < -0.39 is 18.3 Å². The van der Waals surface area contributed by atoms with Crippen LogP contribution in [0.1, 0.15) is 29.8 Å². The average molecular weight is 443 g/mol. The quantitative estimate of drug-likeness (QED) is 0.351. The molecule has 1 aliphatic heterocycles. The topological polar surface area (TPSA) is 132 Å². The number of rotatable bonds is 5. The maximum atomic E-state index is 12.6. The molecule has 0 saturated carbocycles. The van der Waals surface area contributed by atoms with Crippen molar-refractivity contribution in [3.8, 4) is 6.07 Å². The van der Waals surface area contributed by atoms with Crippen LogP contribution in [-0.2, 0) is 14.3 Å². The van der Waals surface area contributed by atoms with Gasteiger partial charge in [-0.25, -0.2) is 9.78 Å². The molecule has 9 heteroatoms. The van der Waals surface area contributed by atoms with Crippen molar-refractivity contribution >= 4 is 39.9 Å². The van der Waals surface area contributed by atoms with Crippen LogP contribution in [-0.4, -0.2) is 39.3 Å². The normalized spacial score (nSPS) is 14.5. The van der Waals surface area contributed by atoms with Gasteiger partial charge in [0.25, 0.3) is 0 Å². The molecule has 0 aliphatic carbocycles. The molecule has 0 spiro atoms. The Morgan fingerprint density at radius 3 is 2.79 bits per heavy atom. The summed E-state index contributed by atoms with van der Waals surface area (Å²) >= 11 is 0. The maximum Gasteiger partial charge on any atom is 0.354 e. The lowest BCUT2D eigenvalue weighted by Gasteiger charge is -2.24. The molecule has 0 fully saturated rings. The number of aromatic amines is 1. The SMILES string of the molecule is Cc1ccc(C)c(N2N=C(C(=O)OCC(O)=C(C#N)c3nc4ccccc4[nH]3)CCC2=O)c1. The van der Waals surface area contributed by atoms with E-state index >= 15 is 0 Å². The molecule has 3 aromatic rings. The van der Waals surface area contributed by atoms with Gasteiger partial charge in [-0.15, -0.1) is 0 Å². The lowest BCUT2D eigenvalue weighted by atomic mass is 10.1. The number of hydrogen-bond donors (Lipinski definition) is 2. The third-order valence-electron chi connectivity index (χ3n) is 5.23. The Labute approximate surface area is 189 Å². The lowest BCUT2D eigenvalue weighted by molar-refractivity contribution is -0.135. The maximum absolute atomic E-state index is 12.6. The van der Waals surface area contributed by atoms with Gasteiger partial charge in [0.15, 0.2) is 11.6 Å². The van der Waals surface area contributed by atoms with Crippen LogP contribution in [0, 0.1) is 25.2 Å². The average Bonchev–Trinajstić information content (AvgIpc) is 3.23. The van der Waals surface area contributed by atoms with Crippen LogP contribution in [0.15, 0.2) is 53.3 Å². The summed E-state index contributed by atoms with van der Waals surface area (Å²) in [7, 11) is 0. The number of fused-ring (bicyclic) bond motifs is 1. The van der Waals surface area contributed by atoms with Crippen molar-refractivity contribution in [2.24, 2.45) is 5.10 Å². The number of para-hydroxylation sites is 2. The Balaban J connectivity index is 1.53. The number of allylic oxidation sites excluding steroid dienone is 1. The molecule has 2 heterocycles. The Morgan fingerprint density at radius 1 is 1.24 bits per heavy atom. The number of carbonyl (C=O) groups is 2. The predicted octanol–water partition coefficient (Wildman–Crippen LogP) is 3.70. The minimum atomic E-state index is -0.772. The van der Waals surface area contributed by atoms with Crippen molar-refractivity contribution in [1.29, 1.82) is 5.26 Å². The van der Waals surface area contributed by atoms with Crippen LogP contribution >= 0.6 is 0 Å². The Bertz CT molecular complexity index is 1330. The highest BCUT2D eigenvalue weighted by molar-refractivity contribution is 6.38. The number of imidazole rings is 1. The number of nitrogens with one attached hydrogen (secondary N) is 1. The van der Waals surface area contributed by atoms with Crippen LogP contribution in [0.3, 0.4) is 0 Å². The smallest absolute Gasteiger partial charge is 0.354 e. The van der Waals surface area contributed by atoms with Crippen molar-refractivity contribution < 1.29 is 19.4 Å². The summed E-state index contributed by atoms with van der Waals surface area (Å²) in [5.74, 6) is -1.26. The van der Waals surface area contributed by atoms with Gasteiger partial charge in [-0.2, -0.15) is 15.4 Å². The number of carbonyl (C=O) groups excluding carboxylic acids is 2. The van der Waals surface area contributed by atoms with Gasteiger partial charge >= 0.3 is 5.97 Å². The number of benzene rings is 2. The summed E-state index contributed by atoms with van der Waals surface area (Å²) in [6.07, 6.45) is 0.226. The molecule has 1 amide bonds. The number of aromatic nitrogens is 2. The van der Waals surface area contributed by atoms with Gasteiger partial charge in [0, 0.05) is 12.8 Å². The Morgan fingerprint density at radius 2 is 2.03 bits per heavy atom. The van der Waals surface area contributed by atoms with Gasteiger partial charge in [0.1, 0.15) is 24.0 Å². The highest BCUT2D eigenvalue weighted by atomic mass is 16.5. The molecule has 0 saturated heterocycles. The van der Waals surface area contributed by atoms with Gasteiger partial charge in [-0.1, -0.05) is 24.3 Å². The summed E-state index contributed by atoms with van der Waals surface area (Å²) in [5, 5.41) is 25.3. The van der Waals surface area contributed by atoms with Crippen molar-refractivity contribution in [3.63, 3.8) is 0 Å². The van der Waals surface area contributed by atoms with Crippen molar-refractivity contribution in [1.82, 2.24) is 9.97 Å². The van der Waals surface area contributed by atoms with E-state index in [-0.39, 0.29) is 35.9 Å². The molecule has 2 N–H and O–H groups in total. The van der Waals surface area contributed by atoms with Crippen LogP contribution in [0.5, 0.6) is 0 Å². The minimum absolute atomic E-state index is 0.0607. The second kappa shape index (κ2) is 8.96. The number of aliphatic hydroxyl groups is 1. The fraction of sp³-hybridized carbons (Fsp3) is 0.208. The highest BCUT2D eigenvalue weighted by Gasteiger charge is 2.28. The molecule has 0 unspecified atom stereocenters. The van der Waals surface area contributed by atoms with Gasteiger partial charge in [-0.05, 0) is 43.2 Å². The largest absolute Gasteiger partial charge is 0.507 e. The molecule has 1 aromatic heterocycles. The number of aryl methyl sites for hydroxylation is 2. The van der Waals surface area contributed by atoms with Gasteiger partial charge in [0.05, 0.1) is 16.7 Å². The van der Waals surface area contributed by atoms with Gasteiger partial charge in [0.2, 0.25) is 5.91 Å². The van der Waals surface area contributed by atoms with E-state index in [1.165, 1.54) is 5.01 Å². The zero-order valence-corrected chi connectivity index (χ0v) is 18.1. The van der Waals surface area contributed by atoms with Gasteiger partial charge in [-0.3, -0.25) is 4.79 Å². The van der Waals surface area contributed by atoms with Crippen LogP contribution in [0.4, 0.5) is 5.69 Å². The molecule has 0 bridgehead atoms. The standard InChI is InChI=1S/C24H21N5O4/c1-14-7-8-15(2)20(11-14)29-22(31)10-9-19(28-29)24(32)33-13-21(30)16(12-25)23-26-17-5-3-4-6-18(17)27-23/h3-8,11,30H,9-10,13H2,1-2H3,(H,26,27). The number of nitrogens with zero attached hydrogens (tertiary/aromatic N) is 4. The van der Waals surface area contributed by atoms with E-state index in [2.05, 4.69) is 15.1 Å². The number of hydrazone groups is 1. The molecule has 0 radical (unpaired) electrons. The Kier molecular flexibility index (Phi) is 5.91. The third-order valence-corrected chi connectivity index (χ3v) is 5.23. The van der Waals surface area contributed by atoms with E-state index in [4.69, 9.17) is 4.74 Å². The number of ether oxygens (including phenoxy) is 1. The number of hydrogen-bond acceptors (Lipinski definition) is 7. The summed E-state index contributed by atoms with van der Waals surface area (Å²) < 4.78 is 5.19. The Hall–Kier alpha value is -4.45. The second-order valence-electron chi connectivity index (χ2n) is 7.65. The second-order valence-corrected chi connectivity index (χ2v) is 7.65. The first-order valence-corrected chi connectivity index (χ1v) is 10.3. The van der Waals surface area contributed by atoms with Gasteiger partial charge < -0.3 is 14.8 Å². The molecular formula is C24H21N5O4. The number of aliphatic hydroxyl groups excluding tert-OH is 1. The lowest BCUT2D eigenvalue weighted by Crippen LogP contribution is -2.35.